The quantitative estimate of drug-likeness (QED) is 0.469. The van der Waals surface area contributed by atoms with E-state index in [1.54, 1.807) is 6.92 Å². The van der Waals surface area contributed by atoms with E-state index in [2.05, 4.69) is 20.9 Å². The summed E-state index contributed by atoms with van der Waals surface area (Å²) in [6.07, 6.45) is 2.90. The number of carbonyl (C=O) groups is 1. The summed E-state index contributed by atoms with van der Waals surface area (Å²) in [5.41, 5.74) is 0.511. The molecular weight excluding hydrogens is 342 g/mol. The van der Waals surface area contributed by atoms with Gasteiger partial charge in [-0.3, -0.25) is 14.9 Å². The van der Waals surface area contributed by atoms with Gasteiger partial charge in [-0.15, -0.1) is 0 Å². The normalized spacial score (nSPS) is 18.4. The molecule has 0 saturated carbocycles. The van der Waals surface area contributed by atoms with Gasteiger partial charge in [0.05, 0.1) is 22.4 Å². The number of hydrogen-bond acceptors (Lipinski definition) is 6. The van der Waals surface area contributed by atoms with Crippen molar-refractivity contribution in [1.82, 2.24) is 4.98 Å². The molecule has 0 bridgehead atoms. The topological polar surface area (TPSA) is 85.6 Å². The molecule has 0 spiro atoms. The standard InChI is InChI=1S/C13H16BrN3O4/c1-8-10(17(19)20)6-15-12(11(8)14)16-5-3-4-9(7-16)13(18)21-2/h6,9H,3-5,7H2,1-2H3. The molecule has 114 valence electrons. The average Bonchev–Trinajstić information content (AvgIpc) is 2.48. The first-order valence-electron chi connectivity index (χ1n) is 6.58. The number of pyridine rings is 1. The van der Waals surface area contributed by atoms with Crippen LogP contribution < -0.4 is 4.90 Å². The highest BCUT2D eigenvalue weighted by Crippen LogP contribution is 2.34. The first-order chi connectivity index (χ1) is 9.95. The number of carbonyl (C=O) groups excluding carboxylic acids is 1. The fourth-order valence-electron chi connectivity index (χ4n) is 2.49. The molecule has 7 nitrogen and oxygen atoms in total. The number of halogens is 1. The molecule has 1 unspecified atom stereocenters. The summed E-state index contributed by atoms with van der Waals surface area (Å²) in [5, 5.41) is 10.9. The Morgan fingerprint density at radius 2 is 2.33 bits per heavy atom. The summed E-state index contributed by atoms with van der Waals surface area (Å²) in [4.78, 5) is 28.3. The summed E-state index contributed by atoms with van der Waals surface area (Å²) >= 11 is 3.38. The zero-order valence-corrected chi connectivity index (χ0v) is 13.4. The Hall–Kier alpha value is -1.70. The number of piperidine rings is 1. The number of esters is 1. The van der Waals surface area contributed by atoms with Gasteiger partial charge < -0.3 is 9.64 Å². The van der Waals surface area contributed by atoms with Gasteiger partial charge in [0.25, 0.3) is 5.69 Å². The second-order valence-corrected chi connectivity index (χ2v) is 5.76. The smallest absolute Gasteiger partial charge is 0.310 e. The van der Waals surface area contributed by atoms with Crippen molar-refractivity contribution in [1.29, 1.82) is 0 Å². The second kappa shape index (κ2) is 6.38. The van der Waals surface area contributed by atoms with Crippen LogP contribution in [0.15, 0.2) is 10.7 Å². The highest BCUT2D eigenvalue weighted by Gasteiger charge is 2.29. The Morgan fingerprint density at radius 1 is 1.62 bits per heavy atom. The molecule has 1 aromatic heterocycles. The predicted octanol–water partition coefficient (Wildman–Crippen LogP) is 2.45. The Kier molecular flexibility index (Phi) is 4.76. The van der Waals surface area contributed by atoms with Gasteiger partial charge in [0, 0.05) is 18.7 Å². The highest BCUT2D eigenvalue weighted by atomic mass is 79.9. The van der Waals surface area contributed by atoms with E-state index in [-0.39, 0.29) is 17.6 Å². The summed E-state index contributed by atoms with van der Waals surface area (Å²) in [6, 6.07) is 0. The van der Waals surface area contributed by atoms with Gasteiger partial charge in [0.2, 0.25) is 0 Å². The van der Waals surface area contributed by atoms with Crippen molar-refractivity contribution in [3.8, 4) is 0 Å². The maximum absolute atomic E-state index is 11.7. The van der Waals surface area contributed by atoms with E-state index < -0.39 is 4.92 Å². The second-order valence-electron chi connectivity index (χ2n) is 4.97. The van der Waals surface area contributed by atoms with Crippen LogP contribution in [0.4, 0.5) is 11.5 Å². The Balaban J connectivity index is 2.28. The highest BCUT2D eigenvalue weighted by molar-refractivity contribution is 9.10. The van der Waals surface area contributed by atoms with Crippen molar-refractivity contribution in [3.05, 3.63) is 26.3 Å². The number of ether oxygens (including phenoxy) is 1. The van der Waals surface area contributed by atoms with Gasteiger partial charge in [0.15, 0.2) is 0 Å². The lowest BCUT2D eigenvalue weighted by atomic mass is 9.98. The van der Waals surface area contributed by atoms with Crippen LogP contribution in [0, 0.1) is 23.0 Å². The van der Waals surface area contributed by atoms with E-state index in [1.165, 1.54) is 13.3 Å². The molecular formula is C13H16BrN3O4. The summed E-state index contributed by atoms with van der Waals surface area (Å²) in [6.45, 7) is 2.95. The van der Waals surface area contributed by atoms with Gasteiger partial charge in [-0.2, -0.15) is 0 Å². The van der Waals surface area contributed by atoms with E-state index >= 15 is 0 Å². The van der Waals surface area contributed by atoms with Crippen molar-refractivity contribution in [2.45, 2.75) is 19.8 Å². The molecule has 1 aliphatic heterocycles. The molecule has 1 atom stereocenters. The number of methoxy groups -OCH3 is 1. The van der Waals surface area contributed by atoms with Gasteiger partial charge in [0.1, 0.15) is 12.0 Å². The number of anilines is 1. The van der Waals surface area contributed by atoms with E-state index in [0.717, 1.165) is 19.4 Å². The van der Waals surface area contributed by atoms with Crippen molar-refractivity contribution in [2.24, 2.45) is 5.92 Å². The minimum atomic E-state index is -0.454. The number of aromatic nitrogens is 1. The average molecular weight is 358 g/mol. The fourth-order valence-corrected chi connectivity index (χ4v) is 3.05. The van der Waals surface area contributed by atoms with Crippen molar-refractivity contribution in [3.63, 3.8) is 0 Å². The predicted molar refractivity (Wildman–Crippen MR) is 80.3 cm³/mol. The van der Waals surface area contributed by atoms with Crippen LogP contribution in [0.1, 0.15) is 18.4 Å². The molecule has 1 saturated heterocycles. The van der Waals surface area contributed by atoms with Crippen LogP contribution in [0.3, 0.4) is 0 Å². The molecule has 0 aliphatic carbocycles. The van der Waals surface area contributed by atoms with Gasteiger partial charge in [-0.1, -0.05) is 0 Å². The van der Waals surface area contributed by atoms with Crippen LogP contribution in [-0.4, -0.2) is 36.1 Å². The van der Waals surface area contributed by atoms with Crippen molar-refractivity contribution in [2.75, 3.05) is 25.1 Å². The third kappa shape index (κ3) is 3.15. The van der Waals surface area contributed by atoms with E-state index in [1.807, 2.05) is 4.90 Å². The number of nitrogens with zero attached hydrogens (tertiary/aromatic N) is 3. The molecule has 1 aromatic rings. The minimum Gasteiger partial charge on any atom is -0.469 e. The lowest BCUT2D eigenvalue weighted by Gasteiger charge is -2.32. The molecule has 1 aliphatic rings. The van der Waals surface area contributed by atoms with Crippen LogP contribution in [0.25, 0.3) is 0 Å². The molecule has 0 aromatic carbocycles. The monoisotopic (exact) mass is 357 g/mol. The summed E-state index contributed by atoms with van der Waals surface area (Å²) in [5.74, 6) is 0.217. The molecule has 0 amide bonds. The molecule has 21 heavy (non-hydrogen) atoms. The van der Waals surface area contributed by atoms with Crippen molar-refractivity contribution < 1.29 is 14.5 Å². The first-order valence-corrected chi connectivity index (χ1v) is 7.37. The number of hydrogen-bond donors (Lipinski definition) is 0. The number of rotatable bonds is 3. The lowest BCUT2D eigenvalue weighted by Crippen LogP contribution is -2.39. The van der Waals surface area contributed by atoms with E-state index in [4.69, 9.17) is 4.74 Å². The van der Waals surface area contributed by atoms with E-state index in [9.17, 15) is 14.9 Å². The van der Waals surface area contributed by atoms with Gasteiger partial charge >= 0.3 is 5.97 Å². The Morgan fingerprint density at radius 3 is 2.95 bits per heavy atom. The molecule has 1 fully saturated rings. The third-order valence-electron chi connectivity index (χ3n) is 3.67. The molecule has 2 heterocycles. The van der Waals surface area contributed by atoms with Gasteiger partial charge in [-0.05, 0) is 35.7 Å². The van der Waals surface area contributed by atoms with Crippen LogP contribution in [0.2, 0.25) is 0 Å². The van der Waals surface area contributed by atoms with Crippen LogP contribution in [0.5, 0.6) is 0 Å². The zero-order valence-electron chi connectivity index (χ0n) is 11.8. The van der Waals surface area contributed by atoms with Crippen molar-refractivity contribution >= 4 is 33.4 Å². The molecule has 0 radical (unpaired) electrons. The van der Waals surface area contributed by atoms with Gasteiger partial charge in [-0.25, -0.2) is 4.98 Å². The Labute approximate surface area is 130 Å². The lowest BCUT2D eigenvalue weighted by molar-refractivity contribution is -0.385. The Bertz CT molecular complexity index is 579. The van der Waals surface area contributed by atoms with Crippen LogP contribution in [-0.2, 0) is 9.53 Å². The summed E-state index contributed by atoms with van der Waals surface area (Å²) < 4.78 is 5.39. The SMILES string of the molecule is COC(=O)C1CCCN(c2ncc([N+](=O)[O-])c(C)c2Br)C1. The molecule has 8 heteroatoms. The minimum absolute atomic E-state index is 0.0212. The maximum atomic E-state index is 11.7. The first kappa shape index (κ1) is 15.7. The maximum Gasteiger partial charge on any atom is 0.310 e. The van der Waals surface area contributed by atoms with Crippen LogP contribution >= 0.6 is 15.9 Å². The third-order valence-corrected chi connectivity index (χ3v) is 4.62. The van der Waals surface area contributed by atoms with E-state index in [0.29, 0.717) is 22.4 Å². The largest absolute Gasteiger partial charge is 0.469 e. The fraction of sp³-hybridized carbons (Fsp3) is 0.538. The number of nitro groups is 1. The molecule has 2 rings (SSSR count). The molecule has 0 N–H and O–H groups in total. The summed E-state index contributed by atoms with van der Waals surface area (Å²) in [7, 11) is 1.38. The zero-order chi connectivity index (χ0) is 15.6.